The highest BCUT2D eigenvalue weighted by molar-refractivity contribution is 5.91. The zero-order valence-corrected chi connectivity index (χ0v) is 17.0. The number of alkyl halides is 3. The summed E-state index contributed by atoms with van der Waals surface area (Å²) in [6.45, 7) is 1.69. The first-order valence-corrected chi connectivity index (χ1v) is 9.79. The number of anilines is 2. The minimum absolute atomic E-state index is 0. The molecule has 0 spiro atoms. The molecule has 0 saturated carbocycles. The number of amides is 2. The third kappa shape index (κ3) is 4.74. The van der Waals surface area contributed by atoms with Crippen molar-refractivity contribution in [2.45, 2.75) is 26.9 Å². The highest BCUT2D eigenvalue weighted by Gasteiger charge is 2.44. The number of aryl methyl sites for hydroxylation is 1. The Bertz CT molecular complexity index is 1130. The lowest BCUT2D eigenvalue weighted by Gasteiger charge is -2.19. The number of urea groups is 1. The van der Waals surface area contributed by atoms with Gasteiger partial charge in [-0.3, -0.25) is 0 Å². The van der Waals surface area contributed by atoms with Crippen molar-refractivity contribution in [1.29, 1.82) is 0 Å². The van der Waals surface area contributed by atoms with E-state index in [2.05, 4.69) is 25.6 Å². The minimum atomic E-state index is -4.28. The fourth-order valence-electron chi connectivity index (χ4n) is 3.62. The zero-order chi connectivity index (χ0) is 22.2. The van der Waals surface area contributed by atoms with Gasteiger partial charge in [0.25, 0.3) is 0 Å². The zero-order valence-electron chi connectivity index (χ0n) is 17.0. The van der Waals surface area contributed by atoms with Crippen molar-refractivity contribution >= 4 is 28.7 Å². The molecule has 1 aliphatic rings. The van der Waals surface area contributed by atoms with Crippen molar-refractivity contribution < 1.29 is 18.0 Å². The normalized spacial score (nSPS) is 16.0. The number of fused-ring (bicyclic) bond motifs is 1. The second-order valence-electron chi connectivity index (χ2n) is 7.51. The summed E-state index contributed by atoms with van der Waals surface area (Å²) >= 11 is 0. The van der Waals surface area contributed by atoms with E-state index < -0.39 is 18.1 Å². The van der Waals surface area contributed by atoms with E-state index in [1.165, 1.54) is 4.90 Å². The number of halogens is 3. The molecule has 1 atom stereocenters. The number of aromatic nitrogens is 3. The summed E-state index contributed by atoms with van der Waals surface area (Å²) in [5.74, 6) is -0.996. The molecule has 1 aromatic carbocycles. The van der Waals surface area contributed by atoms with Gasteiger partial charge in [-0.1, -0.05) is 13.5 Å². The van der Waals surface area contributed by atoms with Crippen molar-refractivity contribution in [3.63, 3.8) is 0 Å². The van der Waals surface area contributed by atoms with Gasteiger partial charge < -0.3 is 15.5 Å². The molecule has 1 aliphatic heterocycles. The summed E-state index contributed by atoms with van der Waals surface area (Å²) in [7, 11) is 1.73. The van der Waals surface area contributed by atoms with Crippen molar-refractivity contribution in [1.82, 2.24) is 19.9 Å². The monoisotopic (exact) mass is 446 g/mol. The smallest absolute Gasteiger partial charge is 0.357 e. The van der Waals surface area contributed by atoms with Crippen LogP contribution >= 0.6 is 0 Å². The predicted octanol–water partition coefficient (Wildman–Crippen LogP) is 5.09. The van der Waals surface area contributed by atoms with E-state index in [1.807, 2.05) is 19.1 Å². The average molecular weight is 446 g/mol. The molecule has 1 saturated heterocycles. The third-order valence-corrected chi connectivity index (χ3v) is 5.39. The van der Waals surface area contributed by atoms with Gasteiger partial charge >= 0.3 is 12.2 Å². The number of nitrogens with one attached hydrogen (secondary N) is 2. The van der Waals surface area contributed by atoms with Crippen LogP contribution in [-0.4, -0.2) is 52.2 Å². The van der Waals surface area contributed by atoms with Crippen LogP contribution < -0.4 is 10.6 Å². The van der Waals surface area contributed by atoms with Gasteiger partial charge in [0.1, 0.15) is 0 Å². The molecule has 10 heteroatoms. The molecule has 2 N–H and O–H groups in total. The average Bonchev–Trinajstić information content (AvgIpc) is 3.25. The SMILES string of the molecule is C.CNc1ncc2cc(-c3cc(NC(=O)N4CCC(C(F)(F)F)C4)ccc3C)cnc2n1. The number of nitrogens with zero attached hydrogens (tertiary/aromatic N) is 4. The largest absolute Gasteiger partial charge is 0.393 e. The molecule has 0 radical (unpaired) electrons. The van der Waals surface area contributed by atoms with Crippen LogP contribution in [-0.2, 0) is 0 Å². The number of pyridine rings is 1. The Morgan fingerprint density at radius 1 is 1.19 bits per heavy atom. The van der Waals surface area contributed by atoms with E-state index in [9.17, 15) is 18.0 Å². The van der Waals surface area contributed by atoms with E-state index in [0.29, 0.717) is 17.3 Å². The fraction of sp³-hybridized carbons (Fsp3) is 0.364. The molecule has 170 valence electrons. The number of hydrogen-bond donors (Lipinski definition) is 2. The Morgan fingerprint density at radius 3 is 2.66 bits per heavy atom. The molecule has 0 bridgehead atoms. The van der Waals surface area contributed by atoms with Crippen LogP contribution in [0.5, 0.6) is 0 Å². The Kier molecular flexibility index (Phi) is 6.52. The highest BCUT2D eigenvalue weighted by atomic mass is 19.4. The topological polar surface area (TPSA) is 83.0 Å². The molecular weight excluding hydrogens is 421 g/mol. The van der Waals surface area contributed by atoms with Crippen LogP contribution in [0.4, 0.5) is 29.6 Å². The number of likely N-dealkylation sites (tertiary alicyclic amines) is 1. The highest BCUT2D eigenvalue weighted by Crippen LogP contribution is 2.34. The summed E-state index contributed by atoms with van der Waals surface area (Å²) in [4.78, 5) is 26.6. The van der Waals surface area contributed by atoms with Gasteiger partial charge in [0.15, 0.2) is 5.65 Å². The van der Waals surface area contributed by atoms with E-state index >= 15 is 0 Å². The number of carbonyl (C=O) groups is 1. The summed E-state index contributed by atoms with van der Waals surface area (Å²) in [6.07, 6.45) is -0.990. The molecule has 32 heavy (non-hydrogen) atoms. The maximum atomic E-state index is 12.9. The van der Waals surface area contributed by atoms with Crippen molar-refractivity contribution in [3.8, 4) is 11.1 Å². The number of hydrogen-bond acceptors (Lipinski definition) is 5. The van der Waals surface area contributed by atoms with Gasteiger partial charge in [0.2, 0.25) is 5.95 Å². The van der Waals surface area contributed by atoms with E-state index in [4.69, 9.17) is 0 Å². The van der Waals surface area contributed by atoms with Crippen LogP contribution in [0.15, 0.2) is 36.7 Å². The Morgan fingerprint density at radius 2 is 1.97 bits per heavy atom. The van der Waals surface area contributed by atoms with Crippen molar-refractivity contribution in [2.75, 3.05) is 30.8 Å². The number of rotatable bonds is 3. The van der Waals surface area contributed by atoms with Gasteiger partial charge in [0.05, 0.1) is 5.92 Å². The lowest BCUT2D eigenvalue weighted by Crippen LogP contribution is -2.35. The molecule has 1 unspecified atom stereocenters. The molecular formula is C22H25F3N6O. The molecule has 2 aromatic heterocycles. The van der Waals surface area contributed by atoms with Crippen LogP contribution in [0, 0.1) is 12.8 Å². The summed E-state index contributed by atoms with van der Waals surface area (Å²) in [5, 5.41) is 6.34. The third-order valence-electron chi connectivity index (χ3n) is 5.39. The summed E-state index contributed by atoms with van der Waals surface area (Å²) in [5.41, 5.74) is 3.69. The molecule has 0 aliphatic carbocycles. The van der Waals surface area contributed by atoms with Gasteiger partial charge in [-0.05, 0) is 42.7 Å². The molecule has 3 aromatic rings. The molecule has 3 heterocycles. The van der Waals surface area contributed by atoms with Gasteiger partial charge in [-0.2, -0.15) is 18.2 Å². The quantitative estimate of drug-likeness (QED) is 0.585. The van der Waals surface area contributed by atoms with Gasteiger partial charge in [-0.15, -0.1) is 0 Å². The van der Waals surface area contributed by atoms with Crippen molar-refractivity contribution in [2.24, 2.45) is 5.92 Å². The summed E-state index contributed by atoms with van der Waals surface area (Å²) < 4.78 is 38.7. The van der Waals surface area contributed by atoms with Gasteiger partial charge in [-0.25, -0.2) is 14.8 Å². The lowest BCUT2D eigenvalue weighted by molar-refractivity contribution is -0.169. The first-order chi connectivity index (χ1) is 14.7. The first kappa shape index (κ1) is 23.2. The predicted molar refractivity (Wildman–Crippen MR) is 119 cm³/mol. The lowest BCUT2D eigenvalue weighted by atomic mass is 10.0. The minimum Gasteiger partial charge on any atom is -0.357 e. The van der Waals surface area contributed by atoms with Crippen LogP contribution in [0.2, 0.25) is 0 Å². The Hall–Kier alpha value is -3.43. The second-order valence-corrected chi connectivity index (χ2v) is 7.51. The van der Waals surface area contributed by atoms with E-state index in [0.717, 1.165) is 22.1 Å². The van der Waals surface area contributed by atoms with E-state index in [-0.39, 0.29) is 26.9 Å². The second kappa shape index (κ2) is 8.97. The maximum Gasteiger partial charge on any atom is 0.393 e. The van der Waals surface area contributed by atoms with Crippen LogP contribution in [0.1, 0.15) is 19.4 Å². The van der Waals surface area contributed by atoms with E-state index in [1.54, 1.807) is 31.6 Å². The number of benzene rings is 1. The van der Waals surface area contributed by atoms with Gasteiger partial charge in [0, 0.05) is 49.2 Å². The Balaban J connectivity index is 0.00000289. The van der Waals surface area contributed by atoms with Crippen molar-refractivity contribution in [3.05, 3.63) is 42.2 Å². The van der Waals surface area contributed by atoms with Crippen LogP contribution in [0.25, 0.3) is 22.2 Å². The molecule has 4 rings (SSSR count). The fourth-order valence-corrected chi connectivity index (χ4v) is 3.62. The Labute approximate surface area is 184 Å². The van der Waals surface area contributed by atoms with Crippen LogP contribution in [0.3, 0.4) is 0 Å². The molecule has 2 amide bonds. The molecule has 7 nitrogen and oxygen atoms in total. The summed E-state index contributed by atoms with van der Waals surface area (Å²) in [6, 6.07) is 6.73. The number of carbonyl (C=O) groups excluding carboxylic acids is 1. The maximum absolute atomic E-state index is 12.9. The molecule has 1 fully saturated rings. The first-order valence-electron chi connectivity index (χ1n) is 9.79. The standard InChI is InChI=1S/C21H21F3N6O.CH4/c1-12-3-4-16(28-20(31)30-6-5-15(11-30)21(22,23)24)8-17(12)13-7-14-10-27-19(25-2)29-18(14)26-9-13;/h3-4,7-10,15H,5-6,11H2,1-2H3,(H,28,31)(H,25,26,27,29);1H4.